The number of hydrogen-bond donors (Lipinski definition) is 0. The van der Waals surface area contributed by atoms with Crippen molar-refractivity contribution in [1.29, 1.82) is 0 Å². The van der Waals surface area contributed by atoms with E-state index in [0.717, 1.165) is 10.0 Å². The number of amides is 1. The first kappa shape index (κ1) is 9.65. The van der Waals surface area contributed by atoms with Crippen LogP contribution in [0.5, 0.6) is 0 Å². The highest BCUT2D eigenvalue weighted by Crippen LogP contribution is 2.24. The molecular formula is C10H11BrN2O. The van der Waals surface area contributed by atoms with E-state index in [2.05, 4.69) is 20.9 Å². The maximum Gasteiger partial charge on any atom is 0.273 e. The Morgan fingerprint density at radius 1 is 1.57 bits per heavy atom. The lowest BCUT2D eigenvalue weighted by Gasteiger charge is -2.19. The zero-order valence-electron chi connectivity index (χ0n) is 8.12. The number of pyridine rings is 1. The molecule has 0 unspecified atom stereocenters. The van der Waals surface area contributed by atoms with Crippen LogP contribution in [0.4, 0.5) is 0 Å². The van der Waals surface area contributed by atoms with E-state index in [1.165, 1.54) is 0 Å². The maximum absolute atomic E-state index is 11.8. The summed E-state index contributed by atoms with van der Waals surface area (Å²) in [6, 6.07) is 2.19. The summed E-state index contributed by atoms with van der Waals surface area (Å²) in [7, 11) is 0. The van der Waals surface area contributed by atoms with Crippen molar-refractivity contribution in [1.82, 2.24) is 9.88 Å². The van der Waals surface area contributed by atoms with Gasteiger partial charge in [-0.15, -0.1) is 0 Å². The summed E-state index contributed by atoms with van der Waals surface area (Å²) < 4.78 is 0.926. The maximum atomic E-state index is 11.8. The molecule has 1 aliphatic heterocycles. The summed E-state index contributed by atoms with van der Waals surface area (Å²) in [5.74, 6) is 0.0440. The van der Waals surface area contributed by atoms with Gasteiger partial charge in [0, 0.05) is 28.8 Å². The van der Waals surface area contributed by atoms with E-state index >= 15 is 0 Å². The van der Waals surface area contributed by atoms with Crippen molar-refractivity contribution in [2.75, 3.05) is 0 Å². The van der Waals surface area contributed by atoms with Crippen LogP contribution in [0.3, 0.4) is 0 Å². The standard InChI is InChI=1S/C10H11BrN2O/c1-6(2)13-5-7-3-8(11)4-12-9(7)10(13)14/h3-4,6H,5H2,1-2H3. The quantitative estimate of drug-likeness (QED) is 0.770. The number of rotatable bonds is 1. The number of carbonyl (C=O) groups excluding carboxylic acids is 1. The van der Waals surface area contributed by atoms with Gasteiger partial charge >= 0.3 is 0 Å². The molecule has 0 N–H and O–H groups in total. The van der Waals surface area contributed by atoms with E-state index in [9.17, 15) is 4.79 Å². The number of hydrogen-bond acceptors (Lipinski definition) is 2. The van der Waals surface area contributed by atoms with E-state index in [-0.39, 0.29) is 11.9 Å². The first-order valence-corrected chi connectivity index (χ1v) is 5.34. The molecule has 74 valence electrons. The molecule has 0 aliphatic carbocycles. The Morgan fingerprint density at radius 2 is 2.29 bits per heavy atom. The summed E-state index contributed by atoms with van der Waals surface area (Å²) >= 11 is 3.35. The van der Waals surface area contributed by atoms with Gasteiger partial charge < -0.3 is 4.90 Å². The van der Waals surface area contributed by atoms with Gasteiger partial charge in [-0.1, -0.05) is 0 Å². The second-order valence-electron chi connectivity index (χ2n) is 3.69. The first-order chi connectivity index (χ1) is 6.59. The van der Waals surface area contributed by atoms with Crippen molar-refractivity contribution >= 4 is 21.8 Å². The van der Waals surface area contributed by atoms with E-state index in [4.69, 9.17) is 0 Å². The third-order valence-corrected chi connectivity index (χ3v) is 2.79. The summed E-state index contributed by atoms with van der Waals surface area (Å²) in [5.41, 5.74) is 1.61. The largest absolute Gasteiger partial charge is 0.330 e. The van der Waals surface area contributed by atoms with E-state index in [1.54, 1.807) is 6.20 Å². The van der Waals surface area contributed by atoms with Crippen LogP contribution in [0.2, 0.25) is 0 Å². The van der Waals surface area contributed by atoms with Gasteiger partial charge in [-0.3, -0.25) is 4.79 Å². The summed E-state index contributed by atoms with van der Waals surface area (Å²) in [6.45, 7) is 4.70. The molecule has 4 heteroatoms. The zero-order valence-corrected chi connectivity index (χ0v) is 9.71. The molecule has 1 aromatic rings. The van der Waals surface area contributed by atoms with Gasteiger partial charge in [0.05, 0.1) is 0 Å². The number of carbonyl (C=O) groups is 1. The Labute approximate surface area is 91.3 Å². The molecule has 3 nitrogen and oxygen atoms in total. The zero-order chi connectivity index (χ0) is 10.3. The first-order valence-electron chi connectivity index (χ1n) is 4.55. The van der Waals surface area contributed by atoms with Crippen LogP contribution in [0.1, 0.15) is 29.9 Å². The Balaban J connectivity index is 2.40. The minimum atomic E-state index is 0.0440. The Bertz CT molecular complexity index is 390. The van der Waals surface area contributed by atoms with E-state index in [0.29, 0.717) is 12.2 Å². The molecule has 0 atom stereocenters. The lowest BCUT2D eigenvalue weighted by molar-refractivity contribution is 0.0726. The average molecular weight is 255 g/mol. The molecule has 2 rings (SSSR count). The smallest absolute Gasteiger partial charge is 0.273 e. The van der Waals surface area contributed by atoms with Gasteiger partial charge in [0.2, 0.25) is 0 Å². The third kappa shape index (κ3) is 1.43. The Morgan fingerprint density at radius 3 is 2.93 bits per heavy atom. The monoisotopic (exact) mass is 254 g/mol. The SMILES string of the molecule is CC(C)N1Cc2cc(Br)cnc2C1=O. The van der Waals surface area contributed by atoms with E-state index < -0.39 is 0 Å². The second kappa shape index (κ2) is 3.35. The second-order valence-corrected chi connectivity index (χ2v) is 4.60. The van der Waals surface area contributed by atoms with Crippen molar-refractivity contribution in [2.24, 2.45) is 0 Å². The van der Waals surface area contributed by atoms with Gasteiger partial charge in [-0.05, 0) is 35.8 Å². The van der Waals surface area contributed by atoms with Crippen LogP contribution in [0.15, 0.2) is 16.7 Å². The molecule has 0 radical (unpaired) electrons. The Kier molecular flexibility index (Phi) is 2.31. The van der Waals surface area contributed by atoms with Crippen LogP contribution >= 0.6 is 15.9 Å². The number of aromatic nitrogens is 1. The molecule has 1 aliphatic rings. The summed E-state index contributed by atoms with van der Waals surface area (Å²) in [5, 5.41) is 0. The van der Waals surface area contributed by atoms with Crippen LogP contribution in [0.25, 0.3) is 0 Å². The minimum Gasteiger partial charge on any atom is -0.330 e. The molecule has 0 fully saturated rings. The fourth-order valence-corrected chi connectivity index (χ4v) is 1.98. The topological polar surface area (TPSA) is 33.2 Å². The number of nitrogens with zero attached hydrogens (tertiary/aromatic N) is 2. The highest BCUT2D eigenvalue weighted by molar-refractivity contribution is 9.10. The van der Waals surface area contributed by atoms with Gasteiger partial charge in [-0.2, -0.15) is 0 Å². The normalized spacial score (nSPS) is 15.1. The summed E-state index contributed by atoms with van der Waals surface area (Å²) in [4.78, 5) is 17.8. The molecule has 1 amide bonds. The van der Waals surface area contributed by atoms with Gasteiger partial charge in [0.25, 0.3) is 5.91 Å². The molecule has 0 aromatic carbocycles. The fraction of sp³-hybridized carbons (Fsp3) is 0.400. The van der Waals surface area contributed by atoms with Crippen LogP contribution in [-0.2, 0) is 6.54 Å². The van der Waals surface area contributed by atoms with Gasteiger partial charge in [-0.25, -0.2) is 4.98 Å². The molecule has 0 saturated heterocycles. The summed E-state index contributed by atoms with van der Waals surface area (Å²) in [6.07, 6.45) is 1.67. The van der Waals surface area contributed by atoms with Crippen LogP contribution in [-0.4, -0.2) is 21.8 Å². The van der Waals surface area contributed by atoms with Crippen molar-refractivity contribution in [3.63, 3.8) is 0 Å². The fourth-order valence-electron chi connectivity index (χ4n) is 1.60. The van der Waals surface area contributed by atoms with Crippen molar-refractivity contribution in [2.45, 2.75) is 26.4 Å². The van der Waals surface area contributed by atoms with Crippen LogP contribution in [0, 0.1) is 0 Å². The van der Waals surface area contributed by atoms with Crippen molar-refractivity contribution in [3.05, 3.63) is 28.0 Å². The van der Waals surface area contributed by atoms with Crippen LogP contribution < -0.4 is 0 Å². The van der Waals surface area contributed by atoms with E-state index in [1.807, 2.05) is 24.8 Å². The molecule has 0 saturated carbocycles. The lowest BCUT2D eigenvalue weighted by atomic mass is 10.2. The predicted molar refractivity (Wildman–Crippen MR) is 56.9 cm³/mol. The third-order valence-electron chi connectivity index (χ3n) is 2.36. The number of halogens is 1. The molecular weight excluding hydrogens is 244 g/mol. The molecule has 0 spiro atoms. The molecule has 14 heavy (non-hydrogen) atoms. The predicted octanol–water partition coefficient (Wildman–Crippen LogP) is 2.21. The highest BCUT2D eigenvalue weighted by atomic mass is 79.9. The highest BCUT2D eigenvalue weighted by Gasteiger charge is 2.30. The molecule has 1 aromatic heterocycles. The lowest BCUT2D eigenvalue weighted by Crippen LogP contribution is -2.31. The molecule has 0 bridgehead atoms. The minimum absolute atomic E-state index is 0.0440. The van der Waals surface area contributed by atoms with Gasteiger partial charge in [0.1, 0.15) is 5.69 Å². The van der Waals surface area contributed by atoms with Crippen molar-refractivity contribution < 1.29 is 4.79 Å². The van der Waals surface area contributed by atoms with Crippen molar-refractivity contribution in [3.8, 4) is 0 Å². The molecule has 2 heterocycles. The average Bonchev–Trinajstić information content (AvgIpc) is 2.43. The Hall–Kier alpha value is -0.900. The van der Waals surface area contributed by atoms with Gasteiger partial charge in [0.15, 0.2) is 0 Å². The number of fused-ring (bicyclic) bond motifs is 1.